The molecule has 3 nitrogen and oxygen atoms in total. The molecule has 0 spiro atoms. The molecule has 0 radical (unpaired) electrons. The van der Waals surface area contributed by atoms with E-state index in [-0.39, 0.29) is 0 Å². The second-order valence-corrected chi connectivity index (χ2v) is 5.52. The lowest BCUT2D eigenvalue weighted by Crippen LogP contribution is -2.32. The molecule has 88 valence electrons. The molecule has 1 saturated carbocycles. The predicted octanol–water partition coefficient (Wildman–Crippen LogP) is 3.19. The number of aromatic nitrogens is 1. The Morgan fingerprint density at radius 3 is 2.82 bits per heavy atom. The largest absolute Gasteiger partial charge is 0.481 e. The Kier molecular flexibility index (Phi) is 2.40. The topological polar surface area (TPSA) is 50.2 Å². The van der Waals surface area contributed by atoms with Crippen LogP contribution in [0, 0.1) is 0 Å². The zero-order chi connectivity index (χ0) is 11.9. The smallest absolute Gasteiger partial charge is 0.314 e. The number of carboxylic acids is 1. The Morgan fingerprint density at radius 1 is 1.35 bits per heavy atom. The second-order valence-electron chi connectivity index (χ2n) is 4.63. The van der Waals surface area contributed by atoms with Crippen molar-refractivity contribution < 1.29 is 9.90 Å². The maximum absolute atomic E-state index is 11.6. The predicted molar refractivity (Wildman–Crippen MR) is 67.4 cm³/mol. The van der Waals surface area contributed by atoms with Gasteiger partial charge in [-0.25, -0.2) is 4.98 Å². The fourth-order valence-corrected chi connectivity index (χ4v) is 3.42. The van der Waals surface area contributed by atoms with Crippen LogP contribution in [0.1, 0.15) is 31.2 Å². The molecule has 2 aromatic rings. The van der Waals surface area contributed by atoms with Crippen LogP contribution in [0.4, 0.5) is 0 Å². The van der Waals surface area contributed by atoms with Crippen LogP contribution in [-0.2, 0) is 10.2 Å². The molecular formula is C13H13NO2S. The molecule has 3 rings (SSSR count). The van der Waals surface area contributed by atoms with Crippen LogP contribution in [0.5, 0.6) is 0 Å². The van der Waals surface area contributed by atoms with E-state index in [0.717, 1.165) is 41.5 Å². The minimum absolute atomic E-state index is 0.669. The molecule has 1 aliphatic carbocycles. The molecular weight excluding hydrogens is 234 g/mol. The third-order valence-corrected chi connectivity index (χ3v) is 4.56. The summed E-state index contributed by atoms with van der Waals surface area (Å²) in [5.74, 6) is -0.690. The average molecular weight is 247 g/mol. The highest BCUT2D eigenvalue weighted by Crippen LogP contribution is 2.42. The number of benzene rings is 1. The van der Waals surface area contributed by atoms with Crippen LogP contribution in [0.2, 0.25) is 0 Å². The lowest BCUT2D eigenvalue weighted by atomic mass is 9.79. The summed E-state index contributed by atoms with van der Waals surface area (Å²) in [5, 5.41) is 9.52. The van der Waals surface area contributed by atoms with Crippen LogP contribution in [0.3, 0.4) is 0 Å². The summed E-state index contributed by atoms with van der Waals surface area (Å²) in [4.78, 5) is 15.8. The molecule has 0 bridgehead atoms. The van der Waals surface area contributed by atoms with Gasteiger partial charge in [-0.2, -0.15) is 0 Å². The standard InChI is InChI=1S/C13H13NO2S/c15-12(16)13(5-1-2-6-13)9-3-4-11-10(7-9)14-8-17-11/h3-4,7-8H,1-2,5-6H2,(H,15,16). The van der Waals surface area contributed by atoms with Crippen LogP contribution in [-0.4, -0.2) is 16.1 Å². The Balaban J connectivity index is 2.14. The van der Waals surface area contributed by atoms with E-state index in [9.17, 15) is 9.90 Å². The fourth-order valence-electron chi connectivity index (χ4n) is 2.76. The van der Waals surface area contributed by atoms with Crippen molar-refractivity contribution in [3.05, 3.63) is 29.3 Å². The lowest BCUT2D eigenvalue weighted by molar-refractivity contribution is -0.143. The monoisotopic (exact) mass is 247 g/mol. The molecule has 0 aliphatic heterocycles. The molecule has 0 atom stereocenters. The lowest BCUT2D eigenvalue weighted by Gasteiger charge is -2.24. The van der Waals surface area contributed by atoms with Gasteiger partial charge in [0.2, 0.25) is 0 Å². The molecule has 1 fully saturated rings. The Hall–Kier alpha value is -1.42. The van der Waals surface area contributed by atoms with Gasteiger partial charge in [-0.3, -0.25) is 4.79 Å². The van der Waals surface area contributed by atoms with Gasteiger partial charge < -0.3 is 5.11 Å². The van der Waals surface area contributed by atoms with E-state index >= 15 is 0 Å². The van der Waals surface area contributed by atoms with Crippen molar-refractivity contribution in [2.45, 2.75) is 31.1 Å². The van der Waals surface area contributed by atoms with E-state index in [1.807, 2.05) is 18.2 Å². The first-order valence-electron chi connectivity index (χ1n) is 5.79. The van der Waals surface area contributed by atoms with Crippen molar-refractivity contribution in [1.82, 2.24) is 4.98 Å². The van der Waals surface area contributed by atoms with Gasteiger partial charge in [-0.15, -0.1) is 11.3 Å². The van der Waals surface area contributed by atoms with Gasteiger partial charge in [-0.1, -0.05) is 18.9 Å². The minimum Gasteiger partial charge on any atom is -0.481 e. The van der Waals surface area contributed by atoms with Crippen molar-refractivity contribution in [1.29, 1.82) is 0 Å². The Labute approximate surface area is 103 Å². The number of thiazole rings is 1. The molecule has 0 amide bonds. The van der Waals surface area contributed by atoms with Crippen molar-refractivity contribution in [2.24, 2.45) is 0 Å². The van der Waals surface area contributed by atoms with Gasteiger partial charge in [0.05, 0.1) is 21.1 Å². The first-order chi connectivity index (χ1) is 8.22. The highest BCUT2D eigenvalue weighted by Gasteiger charge is 2.42. The highest BCUT2D eigenvalue weighted by molar-refractivity contribution is 7.16. The summed E-state index contributed by atoms with van der Waals surface area (Å²) in [6, 6.07) is 5.90. The van der Waals surface area contributed by atoms with Crippen molar-refractivity contribution in [2.75, 3.05) is 0 Å². The number of nitrogens with zero attached hydrogens (tertiary/aromatic N) is 1. The van der Waals surface area contributed by atoms with Crippen LogP contribution in [0.25, 0.3) is 10.2 Å². The molecule has 1 N–H and O–H groups in total. The maximum atomic E-state index is 11.6. The summed E-state index contributed by atoms with van der Waals surface area (Å²) in [6.45, 7) is 0. The third kappa shape index (κ3) is 1.55. The maximum Gasteiger partial charge on any atom is 0.314 e. The Bertz CT molecular complexity index is 570. The van der Waals surface area contributed by atoms with E-state index in [2.05, 4.69) is 4.98 Å². The number of carbonyl (C=O) groups is 1. The summed E-state index contributed by atoms with van der Waals surface area (Å²) in [7, 11) is 0. The number of rotatable bonds is 2. The SMILES string of the molecule is O=C(O)C1(c2ccc3scnc3c2)CCCC1. The number of carboxylic acid groups (broad SMARTS) is 1. The zero-order valence-electron chi connectivity index (χ0n) is 9.35. The number of hydrogen-bond acceptors (Lipinski definition) is 3. The van der Waals surface area contributed by atoms with E-state index in [0.29, 0.717) is 0 Å². The van der Waals surface area contributed by atoms with Crippen molar-refractivity contribution in [3.8, 4) is 0 Å². The van der Waals surface area contributed by atoms with Crippen molar-refractivity contribution >= 4 is 27.5 Å². The molecule has 0 unspecified atom stereocenters. The quantitative estimate of drug-likeness (QED) is 0.886. The molecule has 1 heterocycles. The first kappa shape index (κ1) is 10.7. The molecule has 1 aromatic carbocycles. The number of fused-ring (bicyclic) bond motifs is 1. The zero-order valence-corrected chi connectivity index (χ0v) is 10.2. The van der Waals surface area contributed by atoms with E-state index < -0.39 is 11.4 Å². The highest BCUT2D eigenvalue weighted by atomic mass is 32.1. The molecule has 17 heavy (non-hydrogen) atoms. The molecule has 0 saturated heterocycles. The van der Waals surface area contributed by atoms with Crippen LogP contribution < -0.4 is 0 Å². The summed E-state index contributed by atoms with van der Waals surface area (Å²) >= 11 is 1.59. The van der Waals surface area contributed by atoms with Gasteiger partial charge in [0.15, 0.2) is 0 Å². The summed E-state index contributed by atoms with van der Waals surface area (Å²) < 4.78 is 1.12. The van der Waals surface area contributed by atoms with Gasteiger partial charge in [0.1, 0.15) is 0 Å². The average Bonchev–Trinajstić information content (AvgIpc) is 2.97. The summed E-state index contributed by atoms with van der Waals surface area (Å²) in [5.41, 5.74) is 2.97. The van der Waals surface area contributed by atoms with Gasteiger partial charge in [0, 0.05) is 0 Å². The third-order valence-electron chi connectivity index (χ3n) is 3.75. The summed E-state index contributed by atoms with van der Waals surface area (Å²) in [6.07, 6.45) is 3.50. The van der Waals surface area contributed by atoms with Gasteiger partial charge in [-0.05, 0) is 30.5 Å². The van der Waals surface area contributed by atoms with E-state index in [1.165, 1.54) is 0 Å². The molecule has 4 heteroatoms. The van der Waals surface area contributed by atoms with Crippen LogP contribution >= 0.6 is 11.3 Å². The minimum atomic E-state index is -0.690. The number of hydrogen-bond donors (Lipinski definition) is 1. The molecule has 1 aliphatic rings. The van der Waals surface area contributed by atoms with Gasteiger partial charge >= 0.3 is 5.97 Å². The van der Waals surface area contributed by atoms with Crippen molar-refractivity contribution in [3.63, 3.8) is 0 Å². The van der Waals surface area contributed by atoms with E-state index in [4.69, 9.17) is 0 Å². The number of aliphatic carboxylic acids is 1. The van der Waals surface area contributed by atoms with Crippen LogP contribution in [0.15, 0.2) is 23.7 Å². The normalized spacial score (nSPS) is 18.6. The van der Waals surface area contributed by atoms with E-state index in [1.54, 1.807) is 16.8 Å². The second kappa shape index (κ2) is 3.81. The Morgan fingerprint density at radius 2 is 2.12 bits per heavy atom. The fraction of sp³-hybridized carbons (Fsp3) is 0.385. The van der Waals surface area contributed by atoms with Gasteiger partial charge in [0.25, 0.3) is 0 Å². The first-order valence-corrected chi connectivity index (χ1v) is 6.67. The molecule has 1 aromatic heterocycles.